The second kappa shape index (κ2) is 9.09. The number of pyridine rings is 2. The van der Waals surface area contributed by atoms with Gasteiger partial charge in [0.25, 0.3) is 11.1 Å². The zero-order chi connectivity index (χ0) is 25.8. The molecule has 0 spiro atoms. The minimum atomic E-state index is -0.0717. The first kappa shape index (κ1) is 23.8. The standard InChI is InChI=1S/C26H25N5O4S2/c1-14-7-16(3)27-23-21(14)25(32)30(36-23)11-29(10-18-5-6-19-20(9-18)35-13-34-19)12-31-26(33)22-15(2)8-17(4)28-24(22)37-31/h5-9H,10-13H2,1-4H3. The van der Waals surface area contributed by atoms with Crippen LogP contribution < -0.4 is 20.6 Å². The SMILES string of the molecule is Cc1cc(C)c2c(=O)n(CN(Cc3ccc4c(c3)OCO4)Cn3sc4nc(C)cc(C)c4c3=O)sc2n1. The fraction of sp³-hybridized carbons (Fsp3) is 0.308. The fourth-order valence-corrected chi connectivity index (χ4v) is 7.05. The third-order valence-corrected chi connectivity index (χ3v) is 8.34. The highest BCUT2D eigenvalue weighted by Gasteiger charge is 2.20. The van der Waals surface area contributed by atoms with Gasteiger partial charge in [0.2, 0.25) is 6.79 Å². The van der Waals surface area contributed by atoms with Gasteiger partial charge in [-0.1, -0.05) is 6.07 Å². The van der Waals surface area contributed by atoms with Crippen molar-refractivity contribution in [2.45, 2.75) is 47.6 Å². The summed E-state index contributed by atoms with van der Waals surface area (Å²) in [5.41, 5.74) is 4.44. The van der Waals surface area contributed by atoms with E-state index < -0.39 is 0 Å². The molecule has 37 heavy (non-hydrogen) atoms. The van der Waals surface area contributed by atoms with E-state index in [4.69, 9.17) is 9.47 Å². The molecule has 0 fully saturated rings. The number of aryl methyl sites for hydroxylation is 4. The van der Waals surface area contributed by atoms with Gasteiger partial charge in [-0.25, -0.2) is 17.9 Å². The van der Waals surface area contributed by atoms with Gasteiger partial charge in [-0.15, -0.1) is 0 Å². The highest BCUT2D eigenvalue weighted by molar-refractivity contribution is 7.13. The number of nitrogens with zero attached hydrogens (tertiary/aromatic N) is 5. The van der Waals surface area contributed by atoms with E-state index in [-0.39, 0.29) is 17.9 Å². The van der Waals surface area contributed by atoms with E-state index in [1.54, 1.807) is 7.91 Å². The molecular formula is C26H25N5O4S2. The Morgan fingerprint density at radius 3 is 1.92 bits per heavy atom. The Bertz CT molecular complexity index is 1700. The summed E-state index contributed by atoms with van der Waals surface area (Å²) in [7, 11) is 0. The number of rotatable bonds is 6. The van der Waals surface area contributed by atoms with Crippen LogP contribution in [0, 0.1) is 27.7 Å². The van der Waals surface area contributed by atoms with Crippen molar-refractivity contribution in [3.8, 4) is 11.5 Å². The third kappa shape index (κ3) is 4.32. The average molecular weight is 536 g/mol. The van der Waals surface area contributed by atoms with Gasteiger partial charge in [-0.2, -0.15) is 0 Å². The van der Waals surface area contributed by atoms with Crippen molar-refractivity contribution in [1.29, 1.82) is 0 Å². The van der Waals surface area contributed by atoms with E-state index in [1.165, 1.54) is 23.1 Å². The van der Waals surface area contributed by atoms with Crippen molar-refractivity contribution in [3.63, 3.8) is 0 Å². The molecule has 0 saturated heterocycles. The molecule has 4 aromatic heterocycles. The third-order valence-electron chi connectivity index (χ3n) is 6.40. The number of fused-ring (bicyclic) bond motifs is 3. The van der Waals surface area contributed by atoms with Crippen LogP contribution in [0.2, 0.25) is 0 Å². The predicted molar refractivity (Wildman–Crippen MR) is 145 cm³/mol. The second-order valence-corrected chi connectivity index (χ2v) is 11.4. The second-order valence-electron chi connectivity index (χ2n) is 9.37. The lowest BCUT2D eigenvalue weighted by molar-refractivity contribution is 0.169. The Morgan fingerprint density at radius 1 is 0.811 bits per heavy atom. The summed E-state index contributed by atoms with van der Waals surface area (Å²) < 4.78 is 14.4. The minimum absolute atomic E-state index is 0.0717. The molecule has 0 N–H and O–H groups in total. The summed E-state index contributed by atoms with van der Waals surface area (Å²) in [5.74, 6) is 1.41. The van der Waals surface area contributed by atoms with E-state index in [0.29, 0.717) is 42.2 Å². The first-order valence-corrected chi connectivity index (χ1v) is 13.4. The first-order valence-electron chi connectivity index (χ1n) is 11.8. The van der Waals surface area contributed by atoms with Crippen LogP contribution in [0.5, 0.6) is 11.5 Å². The summed E-state index contributed by atoms with van der Waals surface area (Å²) >= 11 is 2.69. The van der Waals surface area contributed by atoms with Crippen molar-refractivity contribution < 1.29 is 9.47 Å². The summed E-state index contributed by atoms with van der Waals surface area (Å²) in [5, 5.41) is 1.29. The minimum Gasteiger partial charge on any atom is -0.454 e. The van der Waals surface area contributed by atoms with Crippen molar-refractivity contribution in [2.24, 2.45) is 0 Å². The molecule has 0 unspecified atom stereocenters. The maximum absolute atomic E-state index is 13.3. The van der Waals surface area contributed by atoms with Gasteiger partial charge in [-0.05, 0) is 91.7 Å². The fourth-order valence-electron chi connectivity index (χ4n) is 4.79. The molecule has 5 heterocycles. The number of hydrogen-bond acceptors (Lipinski definition) is 9. The number of aromatic nitrogens is 4. The van der Waals surface area contributed by atoms with E-state index in [1.807, 2.05) is 58.0 Å². The van der Waals surface area contributed by atoms with Crippen LogP contribution in [-0.2, 0) is 19.9 Å². The van der Waals surface area contributed by atoms with Crippen LogP contribution in [0.25, 0.3) is 20.4 Å². The van der Waals surface area contributed by atoms with Crippen LogP contribution in [0.15, 0.2) is 39.9 Å². The van der Waals surface area contributed by atoms with Crippen LogP contribution in [-0.4, -0.2) is 29.6 Å². The predicted octanol–water partition coefficient (Wildman–Crippen LogP) is 4.31. The maximum atomic E-state index is 13.3. The van der Waals surface area contributed by atoms with Crippen molar-refractivity contribution in [2.75, 3.05) is 6.79 Å². The number of hydrogen-bond donors (Lipinski definition) is 0. The smallest absolute Gasteiger partial charge is 0.271 e. The Morgan fingerprint density at radius 2 is 1.35 bits per heavy atom. The Labute approximate surface area is 220 Å². The highest BCUT2D eigenvalue weighted by atomic mass is 32.1. The summed E-state index contributed by atoms with van der Waals surface area (Å²) in [6.45, 7) is 9.04. The first-order chi connectivity index (χ1) is 17.8. The van der Waals surface area contributed by atoms with Gasteiger partial charge in [0.1, 0.15) is 9.66 Å². The normalized spacial score (nSPS) is 12.9. The summed E-state index contributed by atoms with van der Waals surface area (Å²) in [6.07, 6.45) is 0. The Hall–Kier alpha value is -3.54. The van der Waals surface area contributed by atoms with Gasteiger partial charge < -0.3 is 9.47 Å². The molecule has 0 radical (unpaired) electrons. The van der Waals surface area contributed by atoms with Crippen LogP contribution in [0.4, 0.5) is 0 Å². The molecule has 0 saturated carbocycles. The molecule has 190 valence electrons. The Kier molecular flexibility index (Phi) is 5.85. The van der Waals surface area contributed by atoms with Crippen LogP contribution in [0.3, 0.4) is 0 Å². The Balaban J connectivity index is 1.39. The molecular weight excluding hydrogens is 510 g/mol. The average Bonchev–Trinajstić information content (AvgIpc) is 3.50. The van der Waals surface area contributed by atoms with Gasteiger partial charge in [-0.3, -0.25) is 14.5 Å². The molecule has 0 aliphatic carbocycles. The monoisotopic (exact) mass is 535 g/mol. The number of ether oxygens (including phenoxy) is 2. The van der Waals surface area contributed by atoms with E-state index in [9.17, 15) is 9.59 Å². The molecule has 0 bridgehead atoms. The van der Waals surface area contributed by atoms with Gasteiger partial charge in [0, 0.05) is 17.9 Å². The zero-order valence-electron chi connectivity index (χ0n) is 20.9. The zero-order valence-corrected chi connectivity index (χ0v) is 22.5. The van der Waals surface area contributed by atoms with E-state index in [2.05, 4.69) is 14.9 Å². The molecule has 9 nitrogen and oxygen atoms in total. The van der Waals surface area contributed by atoms with Gasteiger partial charge >= 0.3 is 0 Å². The lowest BCUT2D eigenvalue weighted by Crippen LogP contribution is -2.33. The maximum Gasteiger partial charge on any atom is 0.271 e. The van der Waals surface area contributed by atoms with Crippen LogP contribution in [0.1, 0.15) is 28.1 Å². The molecule has 5 aromatic rings. The molecule has 1 aliphatic rings. The van der Waals surface area contributed by atoms with E-state index in [0.717, 1.165) is 37.7 Å². The molecule has 1 aliphatic heterocycles. The molecule has 1 aromatic carbocycles. The van der Waals surface area contributed by atoms with Crippen LogP contribution >= 0.6 is 23.1 Å². The lowest BCUT2D eigenvalue weighted by Gasteiger charge is -2.22. The molecule has 6 rings (SSSR count). The van der Waals surface area contributed by atoms with Crippen molar-refractivity contribution in [1.82, 2.24) is 22.8 Å². The van der Waals surface area contributed by atoms with Crippen molar-refractivity contribution >= 4 is 43.5 Å². The molecule has 11 heteroatoms. The summed E-state index contributed by atoms with van der Waals surface area (Å²) in [6, 6.07) is 9.67. The number of benzene rings is 1. The summed E-state index contributed by atoms with van der Waals surface area (Å²) in [4.78, 5) is 39.3. The van der Waals surface area contributed by atoms with Gasteiger partial charge in [0.15, 0.2) is 11.5 Å². The molecule has 0 atom stereocenters. The topological polar surface area (TPSA) is 91.5 Å². The quantitative estimate of drug-likeness (QED) is 0.320. The molecule has 0 amide bonds. The van der Waals surface area contributed by atoms with Crippen molar-refractivity contribution in [3.05, 3.63) is 79.1 Å². The largest absolute Gasteiger partial charge is 0.454 e. The van der Waals surface area contributed by atoms with Gasteiger partial charge in [0.05, 0.1) is 24.1 Å². The highest BCUT2D eigenvalue weighted by Crippen LogP contribution is 2.33. The lowest BCUT2D eigenvalue weighted by atomic mass is 10.2. The van der Waals surface area contributed by atoms with E-state index >= 15 is 0 Å².